The van der Waals surface area contributed by atoms with E-state index in [9.17, 15) is 9.18 Å². The van der Waals surface area contributed by atoms with Crippen LogP contribution in [0.5, 0.6) is 5.75 Å². The molecule has 0 aromatic heterocycles. The third kappa shape index (κ3) is 5.47. The van der Waals surface area contributed by atoms with E-state index >= 15 is 0 Å². The number of aliphatic imine (C=N–C) groups is 1. The fourth-order valence-corrected chi connectivity index (χ4v) is 3.55. The highest BCUT2D eigenvalue weighted by Crippen LogP contribution is 2.42. The van der Waals surface area contributed by atoms with Gasteiger partial charge in [0.2, 0.25) is 0 Å². The Labute approximate surface area is 178 Å². The van der Waals surface area contributed by atoms with Crippen LogP contribution in [-0.2, 0) is 9.53 Å². The summed E-state index contributed by atoms with van der Waals surface area (Å²) in [6, 6.07) is 3.50. The number of esters is 1. The van der Waals surface area contributed by atoms with E-state index in [4.69, 9.17) is 16.0 Å². The molecule has 0 fully saturated rings. The average molecular weight is 415 g/mol. The summed E-state index contributed by atoms with van der Waals surface area (Å²) >= 11 is 0. The number of methoxy groups -OCH3 is 1. The average Bonchev–Trinajstić information content (AvgIpc) is 2.66. The van der Waals surface area contributed by atoms with Crippen molar-refractivity contribution in [3.63, 3.8) is 0 Å². The lowest BCUT2D eigenvalue weighted by Crippen LogP contribution is -2.33. The lowest BCUT2D eigenvalue weighted by Gasteiger charge is -2.28. The van der Waals surface area contributed by atoms with Crippen LogP contribution in [0.25, 0.3) is 4.85 Å². The Morgan fingerprint density at radius 3 is 2.60 bits per heavy atom. The highest BCUT2D eigenvalue weighted by Gasteiger charge is 2.43. The minimum absolute atomic E-state index is 0.0286. The second-order valence-electron chi connectivity index (χ2n) is 8.75. The molecule has 0 aliphatic carbocycles. The van der Waals surface area contributed by atoms with Crippen molar-refractivity contribution in [2.75, 3.05) is 13.7 Å². The van der Waals surface area contributed by atoms with Gasteiger partial charge in [-0.25, -0.2) is 15.8 Å². The van der Waals surface area contributed by atoms with Crippen molar-refractivity contribution in [1.29, 1.82) is 0 Å². The van der Waals surface area contributed by atoms with Gasteiger partial charge in [0.05, 0.1) is 30.7 Å². The summed E-state index contributed by atoms with van der Waals surface area (Å²) in [7, 11) is 1.45. The number of rotatable bonds is 7. The largest absolute Gasteiger partial charge is 0.496 e. The molecule has 0 radical (unpaired) electrons. The molecule has 1 aliphatic heterocycles. The molecule has 1 heterocycles. The molecule has 0 amide bonds. The molecule has 0 saturated carbocycles. The van der Waals surface area contributed by atoms with E-state index in [0.717, 1.165) is 6.42 Å². The monoisotopic (exact) mass is 414 g/mol. The lowest BCUT2D eigenvalue weighted by atomic mass is 9.79. The predicted octanol–water partition coefficient (Wildman–Crippen LogP) is 5.71. The first-order valence-electron chi connectivity index (χ1n) is 10.3. The summed E-state index contributed by atoms with van der Waals surface area (Å²) in [5, 5.41) is 0. The summed E-state index contributed by atoms with van der Waals surface area (Å²) < 4.78 is 24.8. The zero-order chi connectivity index (χ0) is 22.5. The van der Waals surface area contributed by atoms with Crippen LogP contribution >= 0.6 is 0 Å². The zero-order valence-corrected chi connectivity index (χ0v) is 18.7. The topological polar surface area (TPSA) is 52.2 Å². The van der Waals surface area contributed by atoms with Crippen molar-refractivity contribution in [3.05, 3.63) is 52.3 Å². The number of carbonyl (C=O) groups is 1. The van der Waals surface area contributed by atoms with Gasteiger partial charge in [-0.05, 0) is 31.2 Å². The maximum atomic E-state index is 13.8. The smallest absolute Gasteiger partial charge is 0.336 e. The molecule has 2 rings (SSSR count). The Kier molecular flexibility index (Phi) is 7.77. The molecule has 1 aromatic carbocycles. The number of hydrogen-bond acceptors (Lipinski definition) is 4. The van der Waals surface area contributed by atoms with E-state index in [2.05, 4.69) is 30.6 Å². The highest BCUT2D eigenvalue weighted by atomic mass is 19.1. The first kappa shape index (κ1) is 23.6. The highest BCUT2D eigenvalue weighted by molar-refractivity contribution is 6.00. The number of allylic oxidation sites excluding steroid dienone is 1. The van der Waals surface area contributed by atoms with E-state index in [1.54, 1.807) is 13.0 Å². The molecule has 0 N–H and O–H groups in total. The van der Waals surface area contributed by atoms with E-state index in [1.165, 1.54) is 19.2 Å². The second-order valence-corrected chi connectivity index (χ2v) is 8.75. The van der Waals surface area contributed by atoms with Crippen molar-refractivity contribution >= 4 is 11.7 Å². The molecule has 162 valence electrons. The third-order valence-corrected chi connectivity index (χ3v) is 5.14. The molecular formula is C24H31FN2O3. The van der Waals surface area contributed by atoms with Gasteiger partial charge in [-0.15, -0.1) is 0 Å². The van der Waals surface area contributed by atoms with E-state index < -0.39 is 23.7 Å². The second kappa shape index (κ2) is 9.88. The van der Waals surface area contributed by atoms with Gasteiger partial charge in [-0.3, -0.25) is 4.99 Å². The summed E-state index contributed by atoms with van der Waals surface area (Å²) in [5.41, 5.74) is 2.26. The van der Waals surface area contributed by atoms with Gasteiger partial charge in [-0.2, -0.15) is 0 Å². The maximum absolute atomic E-state index is 13.8. The fraction of sp³-hybridized carbons (Fsp3) is 0.542. The van der Waals surface area contributed by atoms with Crippen molar-refractivity contribution in [3.8, 4) is 5.75 Å². The standard InChI is InChI=1S/C24H31FN2O3/c1-8-9-18-21(23(28)30-13-12-24(3,4)5)20(22(26-6)15(2)27-18)17-11-10-16(25)14-19(17)29-7/h10-11,14,20,22H,8-9,12-13H2,1-5,7H3. The summed E-state index contributed by atoms with van der Waals surface area (Å²) in [5.74, 6) is -1.23. The van der Waals surface area contributed by atoms with Crippen molar-refractivity contribution in [2.24, 2.45) is 10.4 Å². The van der Waals surface area contributed by atoms with Crippen LogP contribution in [0.1, 0.15) is 65.4 Å². The SMILES string of the molecule is [C-]#[N+]C1C(C)=NC(CCC)=C(C(=O)OCCC(C)(C)C)C1c1ccc(F)cc1OC. The first-order valence-corrected chi connectivity index (χ1v) is 10.3. The Morgan fingerprint density at radius 2 is 2.03 bits per heavy atom. The van der Waals surface area contributed by atoms with Crippen LogP contribution in [0.4, 0.5) is 4.39 Å². The van der Waals surface area contributed by atoms with Gasteiger partial charge in [0.15, 0.2) is 0 Å². The Bertz CT molecular complexity index is 891. The fourth-order valence-electron chi connectivity index (χ4n) is 3.55. The van der Waals surface area contributed by atoms with Gasteiger partial charge in [0.25, 0.3) is 6.04 Å². The van der Waals surface area contributed by atoms with Gasteiger partial charge in [-0.1, -0.05) is 40.2 Å². The molecule has 2 unspecified atom stereocenters. The summed E-state index contributed by atoms with van der Waals surface area (Å²) in [4.78, 5) is 21.6. The predicted molar refractivity (Wildman–Crippen MR) is 116 cm³/mol. The number of carbonyl (C=O) groups excluding carboxylic acids is 1. The molecule has 0 bridgehead atoms. The molecule has 0 saturated heterocycles. The molecule has 30 heavy (non-hydrogen) atoms. The number of hydrogen-bond donors (Lipinski definition) is 0. The minimum Gasteiger partial charge on any atom is -0.496 e. The van der Waals surface area contributed by atoms with E-state index in [0.29, 0.717) is 41.1 Å². The number of halogens is 1. The van der Waals surface area contributed by atoms with E-state index in [1.807, 2.05) is 6.92 Å². The van der Waals surface area contributed by atoms with Crippen LogP contribution in [0.15, 0.2) is 34.5 Å². The number of benzene rings is 1. The molecule has 1 aliphatic rings. The summed E-state index contributed by atoms with van der Waals surface area (Å²) in [6.07, 6.45) is 2.10. The third-order valence-electron chi connectivity index (χ3n) is 5.14. The number of nitrogens with zero attached hydrogens (tertiary/aromatic N) is 2. The van der Waals surface area contributed by atoms with Crippen molar-refractivity contribution in [1.82, 2.24) is 0 Å². The Hall–Kier alpha value is -2.68. The Balaban J connectivity index is 2.58. The molecular weight excluding hydrogens is 383 g/mol. The van der Waals surface area contributed by atoms with E-state index in [-0.39, 0.29) is 12.0 Å². The maximum Gasteiger partial charge on any atom is 0.336 e. The molecule has 0 spiro atoms. The van der Waals surface area contributed by atoms with Gasteiger partial charge in [0, 0.05) is 11.6 Å². The molecule has 5 nitrogen and oxygen atoms in total. The van der Waals surface area contributed by atoms with Crippen LogP contribution in [0, 0.1) is 17.8 Å². The van der Waals surface area contributed by atoms with Gasteiger partial charge < -0.3 is 14.3 Å². The zero-order valence-electron chi connectivity index (χ0n) is 18.7. The normalized spacial score (nSPS) is 19.2. The molecule has 2 atom stereocenters. The van der Waals surface area contributed by atoms with Crippen LogP contribution in [-0.4, -0.2) is 31.4 Å². The van der Waals surface area contributed by atoms with Gasteiger partial charge >= 0.3 is 5.97 Å². The minimum atomic E-state index is -0.685. The molecule has 6 heteroatoms. The van der Waals surface area contributed by atoms with Crippen molar-refractivity contribution in [2.45, 2.75) is 65.8 Å². The van der Waals surface area contributed by atoms with Gasteiger partial charge in [0.1, 0.15) is 17.5 Å². The van der Waals surface area contributed by atoms with Crippen molar-refractivity contribution < 1.29 is 18.7 Å². The van der Waals surface area contributed by atoms with Crippen LogP contribution < -0.4 is 4.74 Å². The first-order chi connectivity index (χ1) is 14.1. The molecule has 1 aromatic rings. The summed E-state index contributed by atoms with van der Waals surface area (Å²) in [6.45, 7) is 18.1. The lowest BCUT2D eigenvalue weighted by molar-refractivity contribution is -0.140. The Morgan fingerprint density at radius 1 is 1.33 bits per heavy atom. The number of ether oxygens (including phenoxy) is 2. The van der Waals surface area contributed by atoms with Crippen LogP contribution in [0.3, 0.4) is 0 Å². The quantitative estimate of drug-likeness (QED) is 0.424. The van der Waals surface area contributed by atoms with Crippen LogP contribution in [0.2, 0.25) is 0 Å².